The lowest BCUT2D eigenvalue weighted by Crippen LogP contribution is -2.42. The van der Waals surface area contributed by atoms with Gasteiger partial charge in [-0.15, -0.1) is 0 Å². The van der Waals surface area contributed by atoms with Crippen LogP contribution in [0.15, 0.2) is 42.7 Å². The van der Waals surface area contributed by atoms with Gasteiger partial charge in [-0.3, -0.25) is 14.6 Å². The number of aromatic nitrogens is 1. The molecule has 2 aromatic rings. The summed E-state index contributed by atoms with van der Waals surface area (Å²) in [5.41, 5.74) is 2.11. The molecule has 0 spiro atoms. The minimum atomic E-state index is -0.483. The number of amides is 2. The molecule has 0 bridgehead atoms. The molecule has 6 nitrogen and oxygen atoms in total. The number of fused-ring (bicyclic) bond motifs is 1. The van der Waals surface area contributed by atoms with Crippen molar-refractivity contribution in [1.29, 1.82) is 0 Å². The number of hydrogen-bond acceptors (Lipinski definition) is 4. The molecule has 2 heterocycles. The monoisotopic (exact) mass is 311 g/mol. The number of rotatable bonds is 3. The van der Waals surface area contributed by atoms with Gasteiger partial charge < -0.3 is 15.0 Å². The van der Waals surface area contributed by atoms with E-state index in [0.29, 0.717) is 23.5 Å². The first kappa shape index (κ1) is 15.0. The SMILES string of the molecule is CC1Oc2ccc(CNC(=O)c3cccnc3)cc2N(C)C1=O. The number of hydrogen-bond donors (Lipinski definition) is 1. The van der Waals surface area contributed by atoms with Crippen molar-refractivity contribution in [1.82, 2.24) is 10.3 Å². The van der Waals surface area contributed by atoms with Crippen molar-refractivity contribution in [2.24, 2.45) is 0 Å². The summed E-state index contributed by atoms with van der Waals surface area (Å²) in [7, 11) is 1.72. The zero-order chi connectivity index (χ0) is 16.4. The van der Waals surface area contributed by atoms with E-state index in [1.54, 1.807) is 37.2 Å². The maximum absolute atomic E-state index is 12.0. The lowest BCUT2D eigenvalue weighted by molar-refractivity contribution is -0.125. The van der Waals surface area contributed by atoms with Crippen LogP contribution < -0.4 is 15.0 Å². The molecule has 6 heteroatoms. The van der Waals surface area contributed by atoms with E-state index in [1.165, 1.54) is 6.20 Å². The van der Waals surface area contributed by atoms with E-state index >= 15 is 0 Å². The van der Waals surface area contributed by atoms with Gasteiger partial charge in [0, 0.05) is 26.0 Å². The second-order valence-corrected chi connectivity index (χ2v) is 5.38. The highest BCUT2D eigenvalue weighted by atomic mass is 16.5. The summed E-state index contributed by atoms with van der Waals surface area (Å²) in [6.45, 7) is 2.09. The van der Waals surface area contributed by atoms with Crippen LogP contribution in [0.2, 0.25) is 0 Å². The van der Waals surface area contributed by atoms with Crippen LogP contribution in [-0.4, -0.2) is 29.9 Å². The highest BCUT2D eigenvalue weighted by Gasteiger charge is 2.28. The molecule has 1 aliphatic heterocycles. The van der Waals surface area contributed by atoms with Gasteiger partial charge >= 0.3 is 0 Å². The Morgan fingerprint density at radius 3 is 2.96 bits per heavy atom. The average molecular weight is 311 g/mol. The van der Waals surface area contributed by atoms with Crippen molar-refractivity contribution in [2.45, 2.75) is 19.6 Å². The summed E-state index contributed by atoms with van der Waals surface area (Å²) >= 11 is 0. The van der Waals surface area contributed by atoms with Gasteiger partial charge in [-0.05, 0) is 36.8 Å². The second kappa shape index (κ2) is 6.08. The zero-order valence-electron chi connectivity index (χ0n) is 12.9. The van der Waals surface area contributed by atoms with Crippen molar-refractivity contribution in [2.75, 3.05) is 11.9 Å². The minimum Gasteiger partial charge on any atom is -0.479 e. The molecule has 0 saturated carbocycles. The predicted octanol–water partition coefficient (Wildman–Crippen LogP) is 1.76. The number of nitrogens with one attached hydrogen (secondary N) is 1. The molecule has 2 amide bonds. The first-order chi connectivity index (χ1) is 11.1. The molecule has 1 N–H and O–H groups in total. The van der Waals surface area contributed by atoms with Gasteiger partial charge in [-0.1, -0.05) is 6.07 Å². The Morgan fingerprint density at radius 2 is 2.22 bits per heavy atom. The first-order valence-corrected chi connectivity index (χ1v) is 7.31. The summed E-state index contributed by atoms with van der Waals surface area (Å²) in [5, 5.41) is 2.83. The molecule has 118 valence electrons. The molecule has 1 atom stereocenters. The maximum atomic E-state index is 12.0. The number of likely N-dealkylation sites (N-methyl/N-ethyl adjacent to an activating group) is 1. The van der Waals surface area contributed by atoms with Crippen LogP contribution in [0.4, 0.5) is 5.69 Å². The predicted molar refractivity (Wildman–Crippen MR) is 85.3 cm³/mol. The fourth-order valence-corrected chi connectivity index (χ4v) is 2.45. The molecule has 1 aliphatic rings. The number of nitrogens with zero attached hydrogens (tertiary/aromatic N) is 2. The Labute approximate surface area is 134 Å². The largest absolute Gasteiger partial charge is 0.479 e. The number of benzene rings is 1. The van der Waals surface area contributed by atoms with E-state index in [1.807, 2.05) is 18.2 Å². The average Bonchev–Trinajstić information content (AvgIpc) is 2.59. The third-order valence-corrected chi connectivity index (χ3v) is 3.74. The van der Waals surface area contributed by atoms with Crippen LogP contribution in [0.3, 0.4) is 0 Å². The third kappa shape index (κ3) is 3.01. The number of carbonyl (C=O) groups excluding carboxylic acids is 2. The molecule has 0 saturated heterocycles. The highest BCUT2D eigenvalue weighted by molar-refractivity contribution is 5.99. The van der Waals surface area contributed by atoms with Crippen molar-refractivity contribution in [3.05, 3.63) is 53.9 Å². The van der Waals surface area contributed by atoms with Gasteiger partial charge in [0.05, 0.1) is 11.3 Å². The summed E-state index contributed by atoms with van der Waals surface area (Å²) in [5.74, 6) is 0.390. The lowest BCUT2D eigenvalue weighted by atomic mass is 10.1. The molecule has 0 aliphatic carbocycles. The highest BCUT2D eigenvalue weighted by Crippen LogP contribution is 2.33. The standard InChI is InChI=1S/C17H17N3O3/c1-11-17(22)20(2)14-8-12(5-6-15(14)23-11)9-19-16(21)13-4-3-7-18-10-13/h3-8,10-11H,9H2,1-2H3,(H,19,21). The molecule has 0 fully saturated rings. The molecule has 23 heavy (non-hydrogen) atoms. The normalized spacial score (nSPS) is 16.5. The van der Waals surface area contributed by atoms with Crippen LogP contribution in [0.5, 0.6) is 5.75 Å². The number of anilines is 1. The second-order valence-electron chi connectivity index (χ2n) is 5.38. The van der Waals surface area contributed by atoms with Crippen molar-refractivity contribution >= 4 is 17.5 Å². The van der Waals surface area contributed by atoms with E-state index in [2.05, 4.69) is 10.3 Å². The van der Waals surface area contributed by atoms with E-state index in [-0.39, 0.29) is 11.8 Å². The van der Waals surface area contributed by atoms with Crippen LogP contribution in [0.1, 0.15) is 22.8 Å². The molecular formula is C17H17N3O3. The Hall–Kier alpha value is -2.89. The Balaban J connectivity index is 1.73. The van der Waals surface area contributed by atoms with Crippen LogP contribution >= 0.6 is 0 Å². The molecule has 3 rings (SSSR count). The molecule has 0 radical (unpaired) electrons. The van der Waals surface area contributed by atoms with Gasteiger partial charge in [0.15, 0.2) is 6.10 Å². The first-order valence-electron chi connectivity index (χ1n) is 7.31. The lowest BCUT2D eigenvalue weighted by Gasteiger charge is -2.30. The van der Waals surface area contributed by atoms with Crippen molar-refractivity contribution in [3.8, 4) is 5.75 Å². The summed E-state index contributed by atoms with van der Waals surface area (Å²) in [6.07, 6.45) is 2.65. The Kier molecular flexibility index (Phi) is 3.97. The van der Waals surface area contributed by atoms with Gasteiger partial charge in [0.25, 0.3) is 11.8 Å². The fraction of sp³-hybridized carbons (Fsp3) is 0.235. The van der Waals surface area contributed by atoms with Gasteiger partial charge in [0.1, 0.15) is 5.75 Å². The molecule has 1 aromatic heterocycles. The van der Waals surface area contributed by atoms with E-state index in [9.17, 15) is 9.59 Å². The minimum absolute atomic E-state index is 0.0888. The summed E-state index contributed by atoms with van der Waals surface area (Å²) < 4.78 is 5.58. The Bertz CT molecular complexity index is 746. The quantitative estimate of drug-likeness (QED) is 0.937. The maximum Gasteiger partial charge on any atom is 0.267 e. The smallest absolute Gasteiger partial charge is 0.267 e. The van der Waals surface area contributed by atoms with E-state index in [4.69, 9.17) is 4.74 Å². The van der Waals surface area contributed by atoms with Crippen LogP contribution in [-0.2, 0) is 11.3 Å². The van der Waals surface area contributed by atoms with Crippen molar-refractivity contribution in [3.63, 3.8) is 0 Å². The topological polar surface area (TPSA) is 71.5 Å². The molecule has 1 unspecified atom stereocenters. The number of pyridine rings is 1. The number of carbonyl (C=O) groups is 2. The Morgan fingerprint density at radius 1 is 1.39 bits per heavy atom. The third-order valence-electron chi connectivity index (χ3n) is 3.74. The van der Waals surface area contributed by atoms with Crippen LogP contribution in [0, 0.1) is 0 Å². The fourth-order valence-electron chi connectivity index (χ4n) is 2.45. The van der Waals surface area contributed by atoms with Gasteiger partial charge in [-0.25, -0.2) is 0 Å². The zero-order valence-corrected chi connectivity index (χ0v) is 12.9. The molecular weight excluding hydrogens is 294 g/mol. The van der Waals surface area contributed by atoms with Gasteiger partial charge in [-0.2, -0.15) is 0 Å². The summed E-state index contributed by atoms with van der Waals surface area (Å²) in [4.78, 5) is 29.5. The van der Waals surface area contributed by atoms with E-state index in [0.717, 1.165) is 5.56 Å². The van der Waals surface area contributed by atoms with Crippen molar-refractivity contribution < 1.29 is 14.3 Å². The molecule has 1 aromatic carbocycles. The van der Waals surface area contributed by atoms with Crippen LogP contribution in [0.25, 0.3) is 0 Å². The van der Waals surface area contributed by atoms with Gasteiger partial charge in [0.2, 0.25) is 0 Å². The summed E-state index contributed by atoms with van der Waals surface area (Å²) in [6, 6.07) is 8.96. The number of ether oxygens (including phenoxy) is 1. The van der Waals surface area contributed by atoms with E-state index < -0.39 is 6.10 Å².